The minimum atomic E-state index is 0.824. The van der Waals surface area contributed by atoms with Crippen molar-refractivity contribution in [1.82, 2.24) is 5.32 Å². The third kappa shape index (κ3) is 4.80. The maximum absolute atomic E-state index is 3.53. The van der Waals surface area contributed by atoms with E-state index in [2.05, 4.69) is 50.4 Å². The Morgan fingerprint density at radius 3 is 2.44 bits per heavy atom. The summed E-state index contributed by atoms with van der Waals surface area (Å²) in [6, 6.07) is 8.71. The van der Waals surface area contributed by atoms with Gasteiger partial charge in [0.15, 0.2) is 0 Å². The number of hydrogen-bond donors (Lipinski definition) is 1. The van der Waals surface area contributed by atoms with E-state index in [9.17, 15) is 0 Å². The van der Waals surface area contributed by atoms with Gasteiger partial charge in [-0.05, 0) is 42.9 Å². The Hall–Kier alpha value is -0.820. The molecule has 0 aliphatic rings. The lowest BCUT2D eigenvalue weighted by atomic mass is 10.1. The molecule has 0 heterocycles. The van der Waals surface area contributed by atoms with E-state index in [1.807, 2.05) is 0 Å². The Bertz CT molecular complexity index is 291. The normalized spacial score (nSPS) is 11.0. The molecule has 1 heteroatoms. The molecule has 16 heavy (non-hydrogen) atoms. The van der Waals surface area contributed by atoms with E-state index in [1.54, 1.807) is 0 Å². The van der Waals surface area contributed by atoms with Crippen molar-refractivity contribution in [3.8, 4) is 0 Å². The Labute approximate surface area is 100 Å². The minimum absolute atomic E-state index is 0.824. The molecular formula is C15H25N. The highest BCUT2D eigenvalue weighted by molar-refractivity contribution is 5.26. The average Bonchev–Trinajstić information content (AvgIpc) is 2.29. The van der Waals surface area contributed by atoms with Gasteiger partial charge in [-0.2, -0.15) is 0 Å². The number of benzene rings is 1. The zero-order valence-corrected chi connectivity index (χ0v) is 10.9. The first kappa shape index (κ1) is 13.2. The number of rotatable bonds is 7. The van der Waals surface area contributed by atoms with Gasteiger partial charge in [-0.15, -0.1) is 0 Å². The van der Waals surface area contributed by atoms with Crippen LogP contribution in [0.25, 0.3) is 0 Å². The van der Waals surface area contributed by atoms with Crippen LogP contribution in [0.4, 0.5) is 0 Å². The third-order valence-electron chi connectivity index (χ3n) is 2.95. The second-order valence-electron chi connectivity index (χ2n) is 4.84. The first-order valence-corrected chi connectivity index (χ1v) is 6.51. The van der Waals surface area contributed by atoms with Gasteiger partial charge in [-0.1, -0.05) is 45.0 Å². The fraction of sp³-hybridized carbons (Fsp3) is 0.600. The monoisotopic (exact) mass is 219 g/mol. The van der Waals surface area contributed by atoms with E-state index >= 15 is 0 Å². The predicted molar refractivity (Wildman–Crippen MR) is 71.6 cm³/mol. The van der Waals surface area contributed by atoms with Crippen LogP contribution in [0.2, 0.25) is 0 Å². The summed E-state index contributed by atoms with van der Waals surface area (Å²) in [6.07, 6.45) is 3.73. The van der Waals surface area contributed by atoms with Crippen LogP contribution in [0.5, 0.6) is 0 Å². The van der Waals surface area contributed by atoms with Crippen LogP contribution in [0, 0.1) is 5.92 Å². The topological polar surface area (TPSA) is 12.0 Å². The maximum atomic E-state index is 3.53. The minimum Gasteiger partial charge on any atom is -0.313 e. The van der Waals surface area contributed by atoms with Crippen molar-refractivity contribution in [3.63, 3.8) is 0 Å². The van der Waals surface area contributed by atoms with Crippen LogP contribution in [0.1, 0.15) is 44.7 Å². The molecule has 0 amide bonds. The van der Waals surface area contributed by atoms with Crippen molar-refractivity contribution in [2.24, 2.45) is 5.92 Å². The number of aryl methyl sites for hydroxylation is 1. The van der Waals surface area contributed by atoms with Gasteiger partial charge in [-0.25, -0.2) is 0 Å². The molecule has 0 fully saturated rings. The first-order chi connectivity index (χ1) is 7.74. The lowest BCUT2D eigenvalue weighted by Crippen LogP contribution is -2.16. The highest BCUT2D eigenvalue weighted by atomic mass is 14.8. The van der Waals surface area contributed by atoms with Gasteiger partial charge in [0.1, 0.15) is 0 Å². The maximum Gasteiger partial charge on any atom is 0.0208 e. The van der Waals surface area contributed by atoms with E-state index < -0.39 is 0 Å². The fourth-order valence-corrected chi connectivity index (χ4v) is 1.93. The molecule has 0 unspecified atom stereocenters. The van der Waals surface area contributed by atoms with Crippen molar-refractivity contribution < 1.29 is 0 Å². The molecule has 0 radical (unpaired) electrons. The van der Waals surface area contributed by atoms with Crippen LogP contribution in [0.15, 0.2) is 24.3 Å². The molecule has 0 saturated heterocycles. The summed E-state index contributed by atoms with van der Waals surface area (Å²) in [5, 5.41) is 3.53. The van der Waals surface area contributed by atoms with Crippen LogP contribution >= 0.6 is 0 Å². The van der Waals surface area contributed by atoms with Gasteiger partial charge >= 0.3 is 0 Å². The lowest BCUT2D eigenvalue weighted by molar-refractivity contribution is 0.527. The Morgan fingerprint density at radius 1 is 1.12 bits per heavy atom. The first-order valence-electron chi connectivity index (χ1n) is 6.51. The standard InChI is InChI=1S/C15H25N/c1-4-14-9-5-6-10-15(14)12-16-11-7-8-13(2)3/h5-6,9-10,13,16H,4,7-8,11-12H2,1-3H3. The summed E-state index contributed by atoms with van der Waals surface area (Å²) in [6.45, 7) is 8.94. The quantitative estimate of drug-likeness (QED) is 0.688. The second-order valence-corrected chi connectivity index (χ2v) is 4.84. The molecule has 90 valence electrons. The molecule has 0 aromatic heterocycles. The molecule has 1 aromatic rings. The van der Waals surface area contributed by atoms with Gasteiger partial charge in [0.25, 0.3) is 0 Å². The van der Waals surface area contributed by atoms with Crippen LogP contribution in [0.3, 0.4) is 0 Å². The summed E-state index contributed by atoms with van der Waals surface area (Å²) in [4.78, 5) is 0. The van der Waals surface area contributed by atoms with Crippen molar-refractivity contribution in [1.29, 1.82) is 0 Å². The molecule has 1 rings (SSSR count). The van der Waals surface area contributed by atoms with Crippen molar-refractivity contribution in [2.45, 2.75) is 46.6 Å². The van der Waals surface area contributed by atoms with Crippen molar-refractivity contribution in [2.75, 3.05) is 6.54 Å². The molecule has 0 atom stereocenters. The average molecular weight is 219 g/mol. The smallest absolute Gasteiger partial charge is 0.0208 e. The highest BCUT2D eigenvalue weighted by Crippen LogP contribution is 2.09. The number of nitrogens with one attached hydrogen (secondary N) is 1. The van der Waals surface area contributed by atoms with Gasteiger partial charge in [0, 0.05) is 6.54 Å². The highest BCUT2D eigenvalue weighted by Gasteiger charge is 1.99. The Morgan fingerprint density at radius 2 is 1.81 bits per heavy atom. The number of hydrogen-bond acceptors (Lipinski definition) is 1. The van der Waals surface area contributed by atoms with Crippen molar-refractivity contribution >= 4 is 0 Å². The van der Waals surface area contributed by atoms with Crippen LogP contribution in [-0.2, 0) is 13.0 Å². The zero-order valence-electron chi connectivity index (χ0n) is 10.9. The van der Waals surface area contributed by atoms with E-state index in [1.165, 1.54) is 24.0 Å². The van der Waals surface area contributed by atoms with Gasteiger partial charge in [-0.3, -0.25) is 0 Å². The summed E-state index contributed by atoms with van der Waals surface area (Å²) in [5.74, 6) is 0.824. The largest absolute Gasteiger partial charge is 0.313 e. The van der Waals surface area contributed by atoms with E-state index in [-0.39, 0.29) is 0 Å². The van der Waals surface area contributed by atoms with Crippen LogP contribution in [-0.4, -0.2) is 6.54 Å². The predicted octanol–water partition coefficient (Wildman–Crippen LogP) is 3.77. The van der Waals surface area contributed by atoms with E-state index in [0.717, 1.165) is 25.4 Å². The summed E-state index contributed by atoms with van der Waals surface area (Å²) >= 11 is 0. The molecule has 0 saturated carbocycles. The molecule has 0 bridgehead atoms. The fourth-order valence-electron chi connectivity index (χ4n) is 1.93. The lowest BCUT2D eigenvalue weighted by Gasteiger charge is -2.09. The summed E-state index contributed by atoms with van der Waals surface area (Å²) in [7, 11) is 0. The van der Waals surface area contributed by atoms with E-state index in [0.29, 0.717) is 0 Å². The summed E-state index contributed by atoms with van der Waals surface area (Å²) < 4.78 is 0. The SMILES string of the molecule is CCc1ccccc1CNCCCC(C)C. The van der Waals surface area contributed by atoms with Gasteiger partial charge in [0.05, 0.1) is 0 Å². The molecule has 1 nitrogen and oxygen atoms in total. The van der Waals surface area contributed by atoms with Gasteiger partial charge in [0.2, 0.25) is 0 Å². The molecular weight excluding hydrogens is 194 g/mol. The van der Waals surface area contributed by atoms with Gasteiger partial charge < -0.3 is 5.32 Å². The molecule has 0 aliphatic carbocycles. The molecule has 0 aliphatic heterocycles. The molecule has 0 spiro atoms. The third-order valence-corrected chi connectivity index (χ3v) is 2.95. The molecule has 1 aromatic carbocycles. The Balaban J connectivity index is 2.26. The zero-order chi connectivity index (χ0) is 11.8. The summed E-state index contributed by atoms with van der Waals surface area (Å²) in [5.41, 5.74) is 2.92. The second kappa shape index (κ2) is 7.45. The Kier molecular flexibility index (Phi) is 6.17. The van der Waals surface area contributed by atoms with Crippen LogP contribution < -0.4 is 5.32 Å². The van der Waals surface area contributed by atoms with E-state index in [4.69, 9.17) is 0 Å². The van der Waals surface area contributed by atoms with Crippen molar-refractivity contribution in [3.05, 3.63) is 35.4 Å². The molecule has 1 N–H and O–H groups in total.